The molecule has 1 aromatic heterocycles. The van der Waals surface area contributed by atoms with E-state index in [4.69, 9.17) is 5.73 Å². The Morgan fingerprint density at radius 3 is 2.94 bits per heavy atom. The van der Waals surface area contributed by atoms with Gasteiger partial charge in [-0.25, -0.2) is 0 Å². The maximum atomic E-state index is 5.92. The molecule has 3 nitrogen and oxygen atoms in total. The van der Waals surface area contributed by atoms with Crippen LogP contribution in [0.3, 0.4) is 0 Å². The van der Waals surface area contributed by atoms with Crippen LogP contribution in [0.25, 0.3) is 0 Å². The Balaban J connectivity index is 1.78. The monoisotopic (exact) mass is 219 g/mol. The van der Waals surface area contributed by atoms with E-state index in [9.17, 15) is 0 Å². The van der Waals surface area contributed by atoms with Gasteiger partial charge in [-0.1, -0.05) is 6.07 Å². The van der Waals surface area contributed by atoms with Crippen molar-refractivity contribution in [3.63, 3.8) is 0 Å². The maximum absolute atomic E-state index is 5.92. The minimum absolute atomic E-state index is 0.438. The van der Waals surface area contributed by atoms with Crippen molar-refractivity contribution in [2.24, 2.45) is 11.7 Å². The molecule has 1 aliphatic rings. The first kappa shape index (κ1) is 11.6. The van der Waals surface area contributed by atoms with E-state index in [0.29, 0.717) is 6.04 Å². The van der Waals surface area contributed by atoms with E-state index in [-0.39, 0.29) is 0 Å². The van der Waals surface area contributed by atoms with Crippen LogP contribution in [0.2, 0.25) is 0 Å². The van der Waals surface area contributed by atoms with Gasteiger partial charge in [0.1, 0.15) is 0 Å². The predicted octanol–water partition coefficient (Wildman–Crippen LogP) is 1.64. The van der Waals surface area contributed by atoms with Gasteiger partial charge in [-0.05, 0) is 44.4 Å². The first-order chi connectivity index (χ1) is 7.74. The van der Waals surface area contributed by atoms with Crippen molar-refractivity contribution >= 4 is 0 Å². The molecule has 2 N–H and O–H groups in total. The van der Waals surface area contributed by atoms with E-state index in [1.165, 1.54) is 19.3 Å². The molecule has 0 bridgehead atoms. The van der Waals surface area contributed by atoms with Gasteiger partial charge in [0.15, 0.2) is 0 Å². The Morgan fingerprint density at radius 2 is 2.31 bits per heavy atom. The predicted molar refractivity (Wildman–Crippen MR) is 65.9 cm³/mol. The summed E-state index contributed by atoms with van der Waals surface area (Å²) in [7, 11) is 2.17. The summed E-state index contributed by atoms with van der Waals surface area (Å²) in [5.41, 5.74) is 7.07. The number of pyridine rings is 1. The molecule has 2 unspecified atom stereocenters. The molecule has 1 aliphatic carbocycles. The molecule has 0 radical (unpaired) electrons. The Morgan fingerprint density at radius 1 is 1.44 bits per heavy atom. The molecule has 1 fully saturated rings. The van der Waals surface area contributed by atoms with Gasteiger partial charge in [0.05, 0.1) is 5.69 Å². The summed E-state index contributed by atoms with van der Waals surface area (Å²) in [5, 5.41) is 0. The maximum Gasteiger partial charge on any atom is 0.0543 e. The summed E-state index contributed by atoms with van der Waals surface area (Å²) >= 11 is 0. The average Bonchev–Trinajstić information content (AvgIpc) is 2.65. The van der Waals surface area contributed by atoms with Crippen LogP contribution in [0.15, 0.2) is 24.4 Å². The van der Waals surface area contributed by atoms with E-state index < -0.39 is 0 Å². The fraction of sp³-hybridized carbons (Fsp3) is 0.615. The van der Waals surface area contributed by atoms with Gasteiger partial charge in [-0.2, -0.15) is 0 Å². The molecule has 0 amide bonds. The molecular formula is C13H21N3. The molecule has 1 saturated carbocycles. The molecule has 3 heteroatoms. The Kier molecular flexibility index (Phi) is 3.91. The number of aromatic nitrogens is 1. The fourth-order valence-corrected chi connectivity index (χ4v) is 2.55. The van der Waals surface area contributed by atoms with Gasteiger partial charge in [-0.15, -0.1) is 0 Å². The Labute approximate surface area is 97.7 Å². The van der Waals surface area contributed by atoms with Crippen LogP contribution in [0, 0.1) is 5.92 Å². The molecular weight excluding hydrogens is 198 g/mol. The molecule has 2 atom stereocenters. The lowest BCUT2D eigenvalue weighted by atomic mass is 10.1. The molecule has 1 aromatic rings. The highest BCUT2D eigenvalue weighted by Crippen LogP contribution is 2.24. The van der Waals surface area contributed by atoms with Crippen LogP contribution in [0.5, 0.6) is 0 Å². The van der Waals surface area contributed by atoms with E-state index in [0.717, 1.165) is 24.7 Å². The summed E-state index contributed by atoms with van der Waals surface area (Å²) in [6.45, 7) is 2.08. The average molecular weight is 219 g/mol. The molecule has 0 aliphatic heterocycles. The number of rotatable bonds is 4. The van der Waals surface area contributed by atoms with Gasteiger partial charge < -0.3 is 10.6 Å². The molecule has 0 spiro atoms. The van der Waals surface area contributed by atoms with Crippen LogP contribution >= 0.6 is 0 Å². The van der Waals surface area contributed by atoms with Crippen LogP contribution in [-0.4, -0.2) is 29.5 Å². The lowest BCUT2D eigenvalue weighted by Gasteiger charge is -2.20. The minimum Gasteiger partial charge on any atom is -0.328 e. The minimum atomic E-state index is 0.438. The zero-order valence-corrected chi connectivity index (χ0v) is 9.97. The third-order valence-electron chi connectivity index (χ3n) is 3.31. The van der Waals surface area contributed by atoms with E-state index in [1.54, 1.807) is 0 Å². The highest BCUT2D eigenvalue weighted by molar-refractivity contribution is 5.03. The standard InChI is InChI=1S/C13H21N3/c1-16(9-11-5-6-12(14)8-11)10-13-4-2-3-7-15-13/h2-4,7,11-12H,5-6,8-10,14H2,1H3. The van der Waals surface area contributed by atoms with Crippen molar-refractivity contribution < 1.29 is 0 Å². The largest absolute Gasteiger partial charge is 0.328 e. The molecule has 1 heterocycles. The number of hydrogen-bond acceptors (Lipinski definition) is 3. The molecule has 88 valence electrons. The van der Waals surface area contributed by atoms with Gasteiger partial charge >= 0.3 is 0 Å². The summed E-state index contributed by atoms with van der Waals surface area (Å²) in [4.78, 5) is 6.69. The summed E-state index contributed by atoms with van der Waals surface area (Å²) < 4.78 is 0. The Bertz CT molecular complexity index is 312. The van der Waals surface area contributed by atoms with Gasteiger partial charge in [-0.3, -0.25) is 4.98 Å². The lowest BCUT2D eigenvalue weighted by Crippen LogP contribution is -2.25. The van der Waals surface area contributed by atoms with E-state index >= 15 is 0 Å². The van der Waals surface area contributed by atoms with Crippen LogP contribution in [-0.2, 0) is 6.54 Å². The van der Waals surface area contributed by atoms with Gasteiger partial charge in [0, 0.05) is 25.3 Å². The quantitative estimate of drug-likeness (QED) is 0.837. The van der Waals surface area contributed by atoms with E-state index in [2.05, 4.69) is 23.0 Å². The van der Waals surface area contributed by atoms with Gasteiger partial charge in [0.2, 0.25) is 0 Å². The SMILES string of the molecule is CN(Cc1ccccn1)CC1CCC(N)C1. The molecule has 16 heavy (non-hydrogen) atoms. The van der Waals surface area contributed by atoms with Crippen molar-refractivity contribution in [2.75, 3.05) is 13.6 Å². The zero-order valence-electron chi connectivity index (χ0n) is 9.97. The number of hydrogen-bond donors (Lipinski definition) is 1. The van der Waals surface area contributed by atoms with Crippen LogP contribution < -0.4 is 5.73 Å². The van der Waals surface area contributed by atoms with Crippen molar-refractivity contribution in [3.05, 3.63) is 30.1 Å². The lowest BCUT2D eigenvalue weighted by molar-refractivity contribution is 0.267. The molecule has 0 aromatic carbocycles. The van der Waals surface area contributed by atoms with E-state index in [1.807, 2.05) is 18.3 Å². The normalized spacial score (nSPS) is 25.2. The number of nitrogens with two attached hydrogens (primary N) is 1. The van der Waals surface area contributed by atoms with Crippen molar-refractivity contribution in [2.45, 2.75) is 31.8 Å². The van der Waals surface area contributed by atoms with Crippen molar-refractivity contribution in [3.8, 4) is 0 Å². The van der Waals surface area contributed by atoms with Gasteiger partial charge in [0.25, 0.3) is 0 Å². The first-order valence-corrected chi connectivity index (χ1v) is 6.08. The third kappa shape index (κ3) is 3.29. The first-order valence-electron chi connectivity index (χ1n) is 6.08. The zero-order chi connectivity index (χ0) is 11.4. The van der Waals surface area contributed by atoms with Crippen LogP contribution in [0.1, 0.15) is 25.0 Å². The fourth-order valence-electron chi connectivity index (χ4n) is 2.55. The molecule has 0 saturated heterocycles. The van der Waals surface area contributed by atoms with Crippen molar-refractivity contribution in [1.82, 2.24) is 9.88 Å². The smallest absolute Gasteiger partial charge is 0.0543 e. The topological polar surface area (TPSA) is 42.2 Å². The highest BCUT2D eigenvalue weighted by atomic mass is 15.1. The highest BCUT2D eigenvalue weighted by Gasteiger charge is 2.22. The summed E-state index contributed by atoms with van der Waals surface area (Å²) in [5.74, 6) is 0.781. The number of nitrogens with zero attached hydrogens (tertiary/aromatic N) is 2. The van der Waals surface area contributed by atoms with Crippen molar-refractivity contribution in [1.29, 1.82) is 0 Å². The summed E-state index contributed by atoms with van der Waals surface area (Å²) in [6.07, 6.45) is 5.52. The third-order valence-corrected chi connectivity index (χ3v) is 3.31. The second-order valence-electron chi connectivity index (χ2n) is 4.96. The second kappa shape index (κ2) is 5.41. The molecule has 2 rings (SSSR count). The Hall–Kier alpha value is -0.930. The van der Waals surface area contributed by atoms with Crippen LogP contribution in [0.4, 0.5) is 0 Å². The second-order valence-corrected chi connectivity index (χ2v) is 4.96. The summed E-state index contributed by atoms with van der Waals surface area (Å²) in [6, 6.07) is 6.52.